The van der Waals surface area contributed by atoms with E-state index in [1.54, 1.807) is 6.92 Å². The summed E-state index contributed by atoms with van der Waals surface area (Å²) in [4.78, 5) is 10.9. The van der Waals surface area contributed by atoms with Gasteiger partial charge >= 0.3 is 5.97 Å². The summed E-state index contributed by atoms with van der Waals surface area (Å²) in [7, 11) is 0. The molecule has 0 saturated carbocycles. The molecular formula is C15H22O2. The van der Waals surface area contributed by atoms with E-state index in [-0.39, 0.29) is 5.92 Å². The summed E-state index contributed by atoms with van der Waals surface area (Å²) in [5.41, 5.74) is 4.94. The minimum Gasteiger partial charge on any atom is -0.481 e. The van der Waals surface area contributed by atoms with Crippen LogP contribution in [0.1, 0.15) is 48.9 Å². The first-order valence-corrected chi connectivity index (χ1v) is 6.15. The highest BCUT2D eigenvalue weighted by Gasteiger charge is 2.15. The lowest BCUT2D eigenvalue weighted by atomic mass is 9.90. The van der Waals surface area contributed by atoms with E-state index in [0.29, 0.717) is 12.3 Å². The maximum absolute atomic E-state index is 10.9. The molecule has 0 aliphatic heterocycles. The third-order valence-corrected chi connectivity index (χ3v) is 3.41. The van der Waals surface area contributed by atoms with Gasteiger partial charge in [-0.2, -0.15) is 0 Å². The zero-order chi connectivity index (χ0) is 13.2. The van der Waals surface area contributed by atoms with Crippen molar-refractivity contribution in [3.63, 3.8) is 0 Å². The van der Waals surface area contributed by atoms with Gasteiger partial charge in [0.2, 0.25) is 0 Å². The Bertz CT molecular complexity index is 419. The second kappa shape index (κ2) is 5.35. The van der Waals surface area contributed by atoms with E-state index in [1.165, 1.54) is 22.3 Å². The third kappa shape index (κ3) is 3.32. The first-order valence-electron chi connectivity index (χ1n) is 6.15. The SMILES string of the molecule is Cc1cc(C(C)C)cc(CC(C)C(=O)O)c1C. The van der Waals surface area contributed by atoms with Crippen LogP contribution in [0.2, 0.25) is 0 Å². The molecule has 1 aromatic carbocycles. The number of carboxylic acid groups (broad SMARTS) is 1. The fourth-order valence-electron chi connectivity index (χ4n) is 1.93. The van der Waals surface area contributed by atoms with Crippen molar-refractivity contribution in [2.24, 2.45) is 5.92 Å². The molecule has 94 valence electrons. The van der Waals surface area contributed by atoms with Gasteiger partial charge in [0.15, 0.2) is 0 Å². The number of benzene rings is 1. The number of carboxylic acids is 1. The number of rotatable bonds is 4. The average molecular weight is 234 g/mol. The second-order valence-electron chi connectivity index (χ2n) is 5.22. The van der Waals surface area contributed by atoms with Crippen LogP contribution >= 0.6 is 0 Å². The molecule has 1 unspecified atom stereocenters. The van der Waals surface area contributed by atoms with Crippen LogP contribution in [0.25, 0.3) is 0 Å². The molecular weight excluding hydrogens is 212 g/mol. The minimum atomic E-state index is -0.725. The fraction of sp³-hybridized carbons (Fsp3) is 0.533. The lowest BCUT2D eigenvalue weighted by Crippen LogP contribution is -2.13. The van der Waals surface area contributed by atoms with Gasteiger partial charge in [0.25, 0.3) is 0 Å². The number of aliphatic carboxylic acids is 1. The topological polar surface area (TPSA) is 37.3 Å². The molecule has 1 aromatic rings. The molecule has 2 nitrogen and oxygen atoms in total. The quantitative estimate of drug-likeness (QED) is 0.862. The summed E-state index contributed by atoms with van der Waals surface area (Å²) in [5, 5.41) is 8.98. The lowest BCUT2D eigenvalue weighted by Gasteiger charge is -2.16. The van der Waals surface area contributed by atoms with Gasteiger partial charge in [-0.1, -0.05) is 32.9 Å². The van der Waals surface area contributed by atoms with Crippen molar-refractivity contribution in [1.29, 1.82) is 0 Å². The molecule has 0 aliphatic rings. The molecule has 1 rings (SSSR count). The maximum Gasteiger partial charge on any atom is 0.306 e. The van der Waals surface area contributed by atoms with Gasteiger partial charge in [-0.3, -0.25) is 4.79 Å². The van der Waals surface area contributed by atoms with Gasteiger partial charge in [-0.15, -0.1) is 0 Å². The number of hydrogen-bond donors (Lipinski definition) is 1. The van der Waals surface area contributed by atoms with Gasteiger partial charge in [0.1, 0.15) is 0 Å². The molecule has 0 fully saturated rings. The highest BCUT2D eigenvalue weighted by atomic mass is 16.4. The Morgan fingerprint density at radius 2 is 1.82 bits per heavy atom. The van der Waals surface area contributed by atoms with Gasteiger partial charge in [-0.05, 0) is 48.4 Å². The van der Waals surface area contributed by atoms with E-state index in [9.17, 15) is 4.79 Å². The van der Waals surface area contributed by atoms with Gasteiger partial charge in [-0.25, -0.2) is 0 Å². The first kappa shape index (κ1) is 13.8. The van der Waals surface area contributed by atoms with Gasteiger partial charge in [0.05, 0.1) is 5.92 Å². The Morgan fingerprint density at radius 1 is 1.24 bits per heavy atom. The number of hydrogen-bond acceptors (Lipinski definition) is 1. The number of carbonyl (C=O) groups is 1. The van der Waals surface area contributed by atoms with Crippen molar-refractivity contribution >= 4 is 5.97 Å². The molecule has 1 atom stereocenters. The Morgan fingerprint density at radius 3 is 2.29 bits per heavy atom. The van der Waals surface area contributed by atoms with Crippen LogP contribution in [-0.2, 0) is 11.2 Å². The van der Waals surface area contributed by atoms with E-state index in [2.05, 4.69) is 39.8 Å². The zero-order valence-corrected chi connectivity index (χ0v) is 11.4. The molecule has 0 amide bonds. The molecule has 0 aliphatic carbocycles. The van der Waals surface area contributed by atoms with E-state index < -0.39 is 5.97 Å². The molecule has 0 heterocycles. The van der Waals surface area contributed by atoms with Gasteiger partial charge in [0, 0.05) is 0 Å². The second-order valence-corrected chi connectivity index (χ2v) is 5.22. The highest BCUT2D eigenvalue weighted by Crippen LogP contribution is 2.24. The van der Waals surface area contributed by atoms with E-state index in [0.717, 1.165) is 0 Å². The molecule has 0 saturated heterocycles. The van der Waals surface area contributed by atoms with Crippen molar-refractivity contribution in [2.75, 3.05) is 0 Å². The molecule has 0 aromatic heterocycles. The third-order valence-electron chi connectivity index (χ3n) is 3.41. The molecule has 0 bridgehead atoms. The Labute approximate surface area is 104 Å². The van der Waals surface area contributed by atoms with E-state index >= 15 is 0 Å². The van der Waals surface area contributed by atoms with Crippen molar-refractivity contribution in [2.45, 2.75) is 47.0 Å². The molecule has 17 heavy (non-hydrogen) atoms. The summed E-state index contributed by atoms with van der Waals surface area (Å²) >= 11 is 0. The van der Waals surface area contributed by atoms with Crippen molar-refractivity contribution in [3.05, 3.63) is 34.4 Å². The Kier molecular flexibility index (Phi) is 4.33. The van der Waals surface area contributed by atoms with Crippen molar-refractivity contribution < 1.29 is 9.90 Å². The molecule has 2 heteroatoms. The molecule has 0 spiro atoms. The van der Waals surface area contributed by atoms with Crippen LogP contribution in [0.5, 0.6) is 0 Å². The maximum atomic E-state index is 10.9. The monoisotopic (exact) mass is 234 g/mol. The highest BCUT2D eigenvalue weighted by molar-refractivity contribution is 5.70. The molecule has 1 N–H and O–H groups in total. The zero-order valence-electron chi connectivity index (χ0n) is 11.4. The average Bonchev–Trinajstić information content (AvgIpc) is 2.23. The van der Waals surface area contributed by atoms with Crippen LogP contribution in [0.4, 0.5) is 0 Å². The van der Waals surface area contributed by atoms with Crippen LogP contribution in [0.15, 0.2) is 12.1 Å². The standard InChI is InChI=1S/C15H22O2/c1-9(2)13-6-10(3)12(5)14(8-13)7-11(4)15(16)17/h6,8-9,11H,7H2,1-5H3,(H,16,17). The number of aryl methyl sites for hydroxylation is 1. The van der Waals surface area contributed by atoms with E-state index in [4.69, 9.17) is 5.11 Å². The molecule has 0 radical (unpaired) electrons. The Hall–Kier alpha value is -1.31. The van der Waals surface area contributed by atoms with Gasteiger partial charge < -0.3 is 5.11 Å². The van der Waals surface area contributed by atoms with Crippen LogP contribution < -0.4 is 0 Å². The summed E-state index contributed by atoms with van der Waals surface area (Å²) in [5.74, 6) is -0.569. The predicted octanol–water partition coefficient (Wildman–Crippen LogP) is 3.69. The van der Waals surface area contributed by atoms with Crippen LogP contribution in [-0.4, -0.2) is 11.1 Å². The normalized spacial score (nSPS) is 12.8. The summed E-state index contributed by atoms with van der Waals surface area (Å²) < 4.78 is 0. The van der Waals surface area contributed by atoms with E-state index in [1.807, 2.05) is 0 Å². The smallest absolute Gasteiger partial charge is 0.306 e. The first-order chi connectivity index (χ1) is 7.82. The van der Waals surface area contributed by atoms with Crippen molar-refractivity contribution in [3.8, 4) is 0 Å². The largest absolute Gasteiger partial charge is 0.481 e. The summed E-state index contributed by atoms with van der Waals surface area (Å²) in [6.45, 7) is 10.3. The predicted molar refractivity (Wildman–Crippen MR) is 70.5 cm³/mol. The lowest BCUT2D eigenvalue weighted by molar-refractivity contribution is -0.141. The van der Waals surface area contributed by atoms with Crippen molar-refractivity contribution in [1.82, 2.24) is 0 Å². The fourth-order valence-corrected chi connectivity index (χ4v) is 1.93. The Balaban J connectivity index is 3.09. The van der Waals surface area contributed by atoms with Crippen LogP contribution in [0.3, 0.4) is 0 Å². The minimum absolute atomic E-state index is 0.324. The summed E-state index contributed by atoms with van der Waals surface area (Å²) in [6.07, 6.45) is 0.614. The summed E-state index contributed by atoms with van der Waals surface area (Å²) in [6, 6.07) is 4.36. The van der Waals surface area contributed by atoms with Crippen LogP contribution in [0, 0.1) is 19.8 Å².